The van der Waals surface area contributed by atoms with E-state index in [9.17, 15) is 4.79 Å². The molecule has 0 atom stereocenters. The Kier molecular flexibility index (Phi) is 6.58. The van der Waals surface area contributed by atoms with Gasteiger partial charge in [0.2, 0.25) is 5.91 Å². The fourth-order valence-corrected chi connectivity index (χ4v) is 2.92. The largest absolute Gasteiger partial charge is 0.351 e. The van der Waals surface area contributed by atoms with Crippen LogP contribution in [0.2, 0.25) is 0 Å². The van der Waals surface area contributed by atoms with Crippen LogP contribution < -0.4 is 10.6 Å². The molecule has 2 heterocycles. The van der Waals surface area contributed by atoms with Crippen molar-refractivity contribution in [2.75, 3.05) is 20.6 Å². The van der Waals surface area contributed by atoms with Crippen LogP contribution in [0.25, 0.3) is 0 Å². The van der Waals surface area contributed by atoms with Gasteiger partial charge < -0.3 is 15.5 Å². The number of aromatic nitrogens is 2. The second-order valence-corrected chi connectivity index (χ2v) is 7.04. The zero-order chi connectivity index (χ0) is 18.4. The van der Waals surface area contributed by atoms with Gasteiger partial charge in [-0.15, -0.1) is 11.3 Å². The number of nitrogens with zero attached hydrogens (tertiary/aromatic N) is 4. The van der Waals surface area contributed by atoms with E-state index >= 15 is 0 Å². The van der Waals surface area contributed by atoms with Crippen LogP contribution in [0.3, 0.4) is 0 Å². The smallest absolute Gasteiger partial charge is 0.241 e. The molecule has 2 aromatic heterocycles. The van der Waals surface area contributed by atoms with Gasteiger partial charge in [0.25, 0.3) is 0 Å². The number of aryl methyl sites for hydroxylation is 2. The summed E-state index contributed by atoms with van der Waals surface area (Å²) in [5, 5.41) is 12.8. The first kappa shape index (κ1) is 19.0. The molecular weight excluding hydrogens is 336 g/mol. The lowest BCUT2D eigenvalue weighted by molar-refractivity contribution is -0.127. The summed E-state index contributed by atoms with van der Waals surface area (Å²) in [6.07, 6.45) is 0. The van der Waals surface area contributed by atoms with Gasteiger partial charge in [0.1, 0.15) is 0 Å². The fraction of sp³-hybridized carbons (Fsp3) is 0.471. The van der Waals surface area contributed by atoms with Gasteiger partial charge in [0, 0.05) is 37.3 Å². The Bertz CT molecular complexity index is 733. The van der Waals surface area contributed by atoms with Gasteiger partial charge in [0.05, 0.1) is 25.3 Å². The molecule has 0 radical (unpaired) electrons. The fourth-order valence-electron chi connectivity index (χ4n) is 2.28. The Morgan fingerprint density at radius 2 is 2.12 bits per heavy atom. The Labute approximate surface area is 152 Å². The molecule has 0 aliphatic rings. The first-order valence-corrected chi connectivity index (χ1v) is 9.00. The molecule has 0 aliphatic heterocycles. The number of carbonyl (C=O) groups excluding carboxylic acids is 1. The Morgan fingerprint density at radius 1 is 1.36 bits per heavy atom. The molecule has 0 spiro atoms. The van der Waals surface area contributed by atoms with Gasteiger partial charge in [-0.1, -0.05) is 6.07 Å². The van der Waals surface area contributed by atoms with E-state index < -0.39 is 0 Å². The van der Waals surface area contributed by atoms with Crippen molar-refractivity contribution in [1.29, 1.82) is 0 Å². The van der Waals surface area contributed by atoms with Crippen molar-refractivity contribution in [3.63, 3.8) is 0 Å². The average Bonchev–Trinajstić information content (AvgIpc) is 3.16. The zero-order valence-electron chi connectivity index (χ0n) is 15.5. The molecule has 0 bridgehead atoms. The summed E-state index contributed by atoms with van der Waals surface area (Å²) in [5.74, 6) is 0.616. The number of aliphatic imine (C=N–C) groups is 1. The van der Waals surface area contributed by atoms with Crippen LogP contribution in [0.5, 0.6) is 0 Å². The van der Waals surface area contributed by atoms with Crippen LogP contribution in [0.15, 0.2) is 22.5 Å². The van der Waals surface area contributed by atoms with Crippen molar-refractivity contribution < 1.29 is 4.79 Å². The maximum absolute atomic E-state index is 11.8. The summed E-state index contributed by atoms with van der Waals surface area (Å²) >= 11 is 1.68. The van der Waals surface area contributed by atoms with Crippen molar-refractivity contribution in [3.8, 4) is 0 Å². The van der Waals surface area contributed by atoms with Crippen molar-refractivity contribution in [2.45, 2.75) is 26.9 Å². The number of thiophene rings is 1. The van der Waals surface area contributed by atoms with Crippen molar-refractivity contribution in [3.05, 3.63) is 39.3 Å². The Balaban J connectivity index is 2.07. The summed E-state index contributed by atoms with van der Waals surface area (Å²) < 4.78 is 1.86. The van der Waals surface area contributed by atoms with E-state index in [1.54, 1.807) is 30.3 Å². The maximum atomic E-state index is 11.8. The van der Waals surface area contributed by atoms with Crippen LogP contribution in [0, 0.1) is 13.8 Å². The highest BCUT2D eigenvalue weighted by molar-refractivity contribution is 7.09. The lowest BCUT2D eigenvalue weighted by Crippen LogP contribution is -2.42. The topological polar surface area (TPSA) is 74.5 Å². The van der Waals surface area contributed by atoms with Crippen molar-refractivity contribution in [2.24, 2.45) is 12.0 Å². The van der Waals surface area contributed by atoms with Gasteiger partial charge in [-0.3, -0.25) is 9.48 Å². The zero-order valence-corrected chi connectivity index (χ0v) is 16.3. The highest BCUT2D eigenvalue weighted by atomic mass is 32.1. The van der Waals surface area contributed by atoms with Crippen LogP contribution in [-0.4, -0.2) is 47.2 Å². The SMILES string of the molecule is Cc1nn(C)c(C)c1CN=C(NCC(=O)N(C)C)NCc1cccs1. The number of likely N-dealkylation sites (N-methyl/N-ethyl adjacent to an activating group) is 1. The third-order valence-corrected chi connectivity index (χ3v) is 4.85. The van der Waals surface area contributed by atoms with E-state index in [4.69, 9.17) is 0 Å². The minimum Gasteiger partial charge on any atom is -0.351 e. The number of guanidine groups is 1. The van der Waals surface area contributed by atoms with Gasteiger partial charge in [-0.2, -0.15) is 5.10 Å². The maximum Gasteiger partial charge on any atom is 0.241 e. The third-order valence-electron chi connectivity index (χ3n) is 3.97. The average molecular weight is 363 g/mol. The number of nitrogens with one attached hydrogen (secondary N) is 2. The predicted octanol–water partition coefficient (Wildman–Crippen LogP) is 1.42. The molecule has 2 rings (SSSR count). The summed E-state index contributed by atoms with van der Waals surface area (Å²) in [7, 11) is 5.41. The first-order valence-electron chi connectivity index (χ1n) is 8.12. The standard InChI is InChI=1S/C17H26N6OS/c1-12-15(13(2)23(5)21-12)10-19-17(20-11-16(24)22(3)4)18-9-14-7-6-8-25-14/h6-8H,9-11H2,1-5H3,(H2,18,19,20). The Hall–Kier alpha value is -2.35. The number of rotatable bonds is 6. The van der Waals surface area contributed by atoms with Crippen molar-refractivity contribution >= 4 is 23.2 Å². The minimum absolute atomic E-state index is 0.000590. The molecule has 0 saturated heterocycles. The third kappa shape index (κ3) is 5.32. The summed E-state index contributed by atoms with van der Waals surface area (Å²) in [6.45, 7) is 5.41. The minimum atomic E-state index is -0.000590. The molecule has 8 heteroatoms. The quantitative estimate of drug-likeness (QED) is 0.602. The van der Waals surface area contributed by atoms with E-state index in [1.807, 2.05) is 37.0 Å². The molecule has 2 aromatic rings. The van der Waals surface area contributed by atoms with Gasteiger partial charge in [-0.05, 0) is 25.3 Å². The van der Waals surface area contributed by atoms with Gasteiger partial charge >= 0.3 is 0 Å². The molecule has 0 unspecified atom stereocenters. The monoisotopic (exact) mass is 362 g/mol. The number of hydrogen-bond donors (Lipinski definition) is 2. The molecular formula is C17H26N6OS. The lowest BCUT2D eigenvalue weighted by atomic mass is 10.2. The predicted molar refractivity (Wildman–Crippen MR) is 102 cm³/mol. The van der Waals surface area contributed by atoms with Crippen LogP contribution in [0.1, 0.15) is 21.8 Å². The molecule has 0 aromatic carbocycles. The van der Waals surface area contributed by atoms with Gasteiger partial charge in [0.15, 0.2) is 5.96 Å². The number of hydrogen-bond acceptors (Lipinski definition) is 4. The van der Waals surface area contributed by atoms with E-state index in [-0.39, 0.29) is 12.5 Å². The summed E-state index contributed by atoms with van der Waals surface area (Å²) in [4.78, 5) is 19.2. The molecule has 7 nitrogen and oxygen atoms in total. The lowest BCUT2D eigenvalue weighted by Gasteiger charge is -2.14. The normalized spacial score (nSPS) is 11.5. The highest BCUT2D eigenvalue weighted by Crippen LogP contribution is 2.13. The molecule has 1 amide bonds. The molecule has 2 N–H and O–H groups in total. The second-order valence-electron chi connectivity index (χ2n) is 6.01. The van der Waals surface area contributed by atoms with Crippen LogP contribution in [-0.2, 0) is 24.9 Å². The Morgan fingerprint density at radius 3 is 2.68 bits per heavy atom. The summed E-state index contributed by atoms with van der Waals surface area (Å²) in [5.41, 5.74) is 3.19. The van der Waals surface area contributed by atoms with E-state index in [1.165, 1.54) is 4.88 Å². The van der Waals surface area contributed by atoms with Crippen molar-refractivity contribution in [1.82, 2.24) is 25.3 Å². The second kappa shape index (κ2) is 8.66. The molecule has 0 fully saturated rings. The van der Waals surface area contributed by atoms with E-state index in [2.05, 4.69) is 26.8 Å². The molecule has 0 saturated carbocycles. The molecule has 0 aliphatic carbocycles. The van der Waals surface area contributed by atoms with E-state index in [0.29, 0.717) is 19.0 Å². The van der Waals surface area contributed by atoms with E-state index in [0.717, 1.165) is 17.0 Å². The number of carbonyl (C=O) groups is 1. The molecule has 25 heavy (non-hydrogen) atoms. The number of amides is 1. The summed E-state index contributed by atoms with van der Waals surface area (Å²) in [6, 6.07) is 4.08. The first-order chi connectivity index (χ1) is 11.9. The van der Waals surface area contributed by atoms with Crippen LogP contribution >= 0.6 is 11.3 Å². The molecule has 136 valence electrons. The van der Waals surface area contributed by atoms with Gasteiger partial charge in [-0.25, -0.2) is 4.99 Å². The van der Waals surface area contributed by atoms with Crippen LogP contribution in [0.4, 0.5) is 0 Å². The highest BCUT2D eigenvalue weighted by Gasteiger charge is 2.10.